The zero-order valence-corrected chi connectivity index (χ0v) is 15.8. The van der Waals surface area contributed by atoms with Gasteiger partial charge in [0.2, 0.25) is 11.8 Å². The summed E-state index contributed by atoms with van der Waals surface area (Å²) in [6.07, 6.45) is 4.17. The molecule has 1 aromatic carbocycles. The van der Waals surface area contributed by atoms with Gasteiger partial charge in [0.25, 0.3) is 0 Å². The fourth-order valence-corrected chi connectivity index (χ4v) is 5.05. The Labute approximate surface area is 162 Å². The molecule has 4 rings (SSSR count). The van der Waals surface area contributed by atoms with E-state index in [2.05, 4.69) is 4.98 Å². The van der Waals surface area contributed by atoms with Crippen LogP contribution in [0.15, 0.2) is 41.0 Å². The predicted molar refractivity (Wildman–Crippen MR) is 102 cm³/mol. The maximum atomic E-state index is 12.5. The van der Waals surface area contributed by atoms with E-state index in [0.29, 0.717) is 36.9 Å². The van der Waals surface area contributed by atoms with E-state index >= 15 is 0 Å². The molecule has 1 saturated heterocycles. The summed E-state index contributed by atoms with van der Waals surface area (Å²) in [5, 5.41) is 9.63. The lowest BCUT2D eigenvalue weighted by atomic mass is 9.81. The van der Waals surface area contributed by atoms with Gasteiger partial charge in [0, 0.05) is 24.4 Å². The molecule has 1 aliphatic heterocycles. The molecule has 2 heterocycles. The minimum absolute atomic E-state index is 0.0156. The van der Waals surface area contributed by atoms with Crippen molar-refractivity contribution in [2.75, 3.05) is 18.8 Å². The topological polar surface area (TPSA) is 83.6 Å². The summed E-state index contributed by atoms with van der Waals surface area (Å²) in [5.74, 6) is 0.867. The van der Waals surface area contributed by atoms with Gasteiger partial charge in [0.15, 0.2) is 0 Å². The highest BCUT2D eigenvalue weighted by Crippen LogP contribution is 2.48. The zero-order valence-electron chi connectivity index (χ0n) is 15.0. The largest absolute Gasteiger partial charge is 0.481 e. The highest BCUT2D eigenvalue weighted by atomic mass is 32.2. The molecule has 6 nitrogen and oxygen atoms in total. The Balaban J connectivity index is 1.29. The number of aromatic nitrogens is 1. The number of oxazole rings is 1. The van der Waals surface area contributed by atoms with Gasteiger partial charge in [0.05, 0.1) is 16.9 Å². The average molecular weight is 386 g/mol. The molecule has 0 radical (unpaired) electrons. The van der Waals surface area contributed by atoms with E-state index in [9.17, 15) is 14.7 Å². The number of carboxylic acid groups (broad SMARTS) is 1. The minimum atomic E-state index is -0.746. The predicted octanol–water partition coefficient (Wildman–Crippen LogP) is 3.29. The van der Waals surface area contributed by atoms with Crippen LogP contribution in [0, 0.1) is 11.3 Å². The zero-order chi connectivity index (χ0) is 18.9. The first-order valence-corrected chi connectivity index (χ1v) is 10.3. The summed E-state index contributed by atoms with van der Waals surface area (Å²) in [6.45, 7) is 0.933. The Kier molecular flexibility index (Phi) is 4.95. The number of thioether (sulfide) groups is 1. The third-order valence-electron chi connectivity index (χ3n) is 5.70. The molecular weight excluding hydrogens is 364 g/mol. The highest BCUT2D eigenvalue weighted by Gasteiger charge is 2.55. The Morgan fingerprint density at radius 1 is 1.33 bits per heavy atom. The Morgan fingerprint density at radius 2 is 2.15 bits per heavy atom. The number of likely N-dealkylation sites (tertiary alicyclic amines) is 1. The van der Waals surface area contributed by atoms with E-state index in [1.165, 1.54) is 11.8 Å². The normalized spacial score (nSPS) is 24.1. The Bertz CT molecular complexity index is 838. The first-order chi connectivity index (χ1) is 13.1. The second kappa shape index (κ2) is 7.38. The number of aliphatic carboxylic acids is 1. The van der Waals surface area contributed by atoms with Gasteiger partial charge in [-0.05, 0) is 30.9 Å². The molecule has 0 bridgehead atoms. The lowest BCUT2D eigenvalue weighted by molar-refractivity contribution is -0.149. The molecule has 1 N–H and O–H groups in total. The van der Waals surface area contributed by atoms with Crippen molar-refractivity contribution in [1.29, 1.82) is 0 Å². The average Bonchev–Trinajstić information content (AvgIpc) is 3.36. The van der Waals surface area contributed by atoms with Crippen molar-refractivity contribution in [3.8, 4) is 11.5 Å². The van der Waals surface area contributed by atoms with Crippen molar-refractivity contribution < 1.29 is 19.1 Å². The summed E-state index contributed by atoms with van der Waals surface area (Å²) in [5.41, 5.74) is 1.01. The first-order valence-electron chi connectivity index (χ1n) is 9.17. The second-order valence-electron chi connectivity index (χ2n) is 7.33. The lowest BCUT2D eigenvalue weighted by Gasteiger charge is -2.23. The number of carboxylic acids is 1. The van der Waals surface area contributed by atoms with Crippen LogP contribution in [0.5, 0.6) is 0 Å². The maximum absolute atomic E-state index is 12.5. The van der Waals surface area contributed by atoms with Crippen molar-refractivity contribution in [1.82, 2.24) is 9.88 Å². The molecule has 0 unspecified atom stereocenters. The van der Waals surface area contributed by atoms with Gasteiger partial charge < -0.3 is 14.4 Å². The van der Waals surface area contributed by atoms with Crippen LogP contribution in [-0.2, 0) is 15.3 Å². The molecule has 1 amide bonds. The van der Waals surface area contributed by atoms with E-state index in [-0.39, 0.29) is 11.8 Å². The molecule has 1 aliphatic carbocycles. The summed E-state index contributed by atoms with van der Waals surface area (Å²) in [6, 6.07) is 9.68. The SMILES string of the molecule is O=C(CSCc1coc(-c2ccccc2)n1)N1C[C@@H]2CCC[C@@]2(C(=O)O)C1. The maximum Gasteiger partial charge on any atom is 0.311 e. The highest BCUT2D eigenvalue weighted by molar-refractivity contribution is 7.99. The van der Waals surface area contributed by atoms with Crippen LogP contribution >= 0.6 is 11.8 Å². The number of carbonyl (C=O) groups is 2. The number of rotatable bonds is 6. The Morgan fingerprint density at radius 3 is 2.89 bits per heavy atom. The minimum Gasteiger partial charge on any atom is -0.481 e. The molecule has 2 atom stereocenters. The van der Waals surface area contributed by atoms with Crippen molar-refractivity contribution >= 4 is 23.6 Å². The number of fused-ring (bicyclic) bond motifs is 1. The first kappa shape index (κ1) is 18.1. The smallest absolute Gasteiger partial charge is 0.311 e. The number of amides is 1. The molecule has 1 saturated carbocycles. The molecule has 142 valence electrons. The van der Waals surface area contributed by atoms with E-state index < -0.39 is 11.4 Å². The van der Waals surface area contributed by atoms with Gasteiger partial charge in [-0.2, -0.15) is 0 Å². The molecular formula is C20H22N2O4S. The van der Waals surface area contributed by atoms with Crippen LogP contribution in [0.4, 0.5) is 0 Å². The van der Waals surface area contributed by atoms with Crippen molar-refractivity contribution in [3.05, 3.63) is 42.3 Å². The summed E-state index contributed by atoms with van der Waals surface area (Å²) >= 11 is 1.48. The summed E-state index contributed by atoms with van der Waals surface area (Å²) in [7, 11) is 0. The van der Waals surface area contributed by atoms with Gasteiger partial charge in [-0.1, -0.05) is 24.6 Å². The van der Waals surface area contributed by atoms with Crippen LogP contribution in [0.3, 0.4) is 0 Å². The van der Waals surface area contributed by atoms with Crippen molar-refractivity contribution in [2.45, 2.75) is 25.0 Å². The summed E-state index contributed by atoms with van der Waals surface area (Å²) in [4.78, 5) is 30.5. The lowest BCUT2D eigenvalue weighted by Crippen LogP contribution is -2.37. The second-order valence-corrected chi connectivity index (χ2v) is 8.31. The fourth-order valence-electron chi connectivity index (χ4n) is 4.25. The van der Waals surface area contributed by atoms with Crippen LogP contribution < -0.4 is 0 Å². The number of carbonyl (C=O) groups excluding carboxylic acids is 1. The standard InChI is InChI=1S/C20H22N2O4S/c23-17(22-9-15-7-4-8-20(15,13-22)19(24)25)12-27-11-16-10-26-18(21-16)14-5-2-1-3-6-14/h1-3,5-6,10,15H,4,7-9,11-13H2,(H,24,25)/t15-,20+/m0/s1. The fraction of sp³-hybridized carbons (Fsp3) is 0.450. The van der Waals surface area contributed by atoms with Crippen molar-refractivity contribution in [3.63, 3.8) is 0 Å². The van der Waals surface area contributed by atoms with Crippen molar-refractivity contribution in [2.24, 2.45) is 11.3 Å². The van der Waals surface area contributed by atoms with Gasteiger partial charge >= 0.3 is 5.97 Å². The number of hydrogen-bond acceptors (Lipinski definition) is 5. The number of hydrogen-bond donors (Lipinski definition) is 1. The van der Waals surface area contributed by atoms with E-state index in [1.54, 1.807) is 11.2 Å². The van der Waals surface area contributed by atoms with E-state index in [0.717, 1.165) is 24.1 Å². The number of nitrogens with zero attached hydrogens (tertiary/aromatic N) is 2. The molecule has 27 heavy (non-hydrogen) atoms. The van der Waals surface area contributed by atoms with E-state index in [4.69, 9.17) is 4.42 Å². The van der Waals surface area contributed by atoms with Crippen LogP contribution in [0.25, 0.3) is 11.5 Å². The molecule has 2 aliphatic rings. The quantitative estimate of drug-likeness (QED) is 0.820. The molecule has 1 aromatic heterocycles. The summed E-state index contributed by atoms with van der Waals surface area (Å²) < 4.78 is 5.51. The van der Waals surface area contributed by atoms with Crippen LogP contribution in [-0.4, -0.2) is 45.7 Å². The molecule has 0 spiro atoms. The monoisotopic (exact) mass is 386 g/mol. The third-order valence-corrected chi connectivity index (χ3v) is 6.65. The van der Waals surface area contributed by atoms with E-state index in [1.807, 2.05) is 30.3 Å². The van der Waals surface area contributed by atoms with Gasteiger partial charge in [-0.3, -0.25) is 9.59 Å². The molecule has 7 heteroatoms. The third kappa shape index (κ3) is 3.48. The molecule has 2 aromatic rings. The Hall–Kier alpha value is -2.28. The van der Waals surface area contributed by atoms with Crippen LogP contribution in [0.2, 0.25) is 0 Å². The van der Waals surface area contributed by atoms with Gasteiger partial charge in [-0.15, -0.1) is 11.8 Å². The van der Waals surface area contributed by atoms with Crippen LogP contribution in [0.1, 0.15) is 25.0 Å². The molecule has 2 fully saturated rings. The van der Waals surface area contributed by atoms with Gasteiger partial charge in [0.1, 0.15) is 6.26 Å². The van der Waals surface area contributed by atoms with Gasteiger partial charge in [-0.25, -0.2) is 4.98 Å². The number of benzene rings is 1.